The Morgan fingerprint density at radius 2 is 2.33 bits per heavy atom. The number of halogens is 1. The van der Waals surface area contributed by atoms with Gasteiger partial charge >= 0.3 is 5.97 Å². The van der Waals surface area contributed by atoms with Crippen molar-refractivity contribution in [1.82, 2.24) is 0 Å². The molecule has 0 bridgehead atoms. The molecule has 1 fully saturated rings. The molecule has 9 heavy (non-hydrogen) atoms. The molecule has 0 unspecified atom stereocenters. The SMILES string of the molecule is O=C(OC=CCl)C1CC1. The fraction of sp³-hybridized carbons (Fsp3) is 0.500. The molecule has 3 heteroatoms. The van der Waals surface area contributed by atoms with Crippen LogP contribution in [0.4, 0.5) is 0 Å². The van der Waals surface area contributed by atoms with E-state index in [1.165, 1.54) is 11.8 Å². The maximum atomic E-state index is 10.6. The number of hydrogen-bond acceptors (Lipinski definition) is 2. The largest absolute Gasteiger partial charge is 0.433 e. The second kappa shape index (κ2) is 2.87. The third-order valence-electron chi connectivity index (χ3n) is 1.15. The number of hydrogen-bond donors (Lipinski definition) is 0. The molecule has 0 N–H and O–H groups in total. The summed E-state index contributed by atoms with van der Waals surface area (Å²) in [5.74, 6) is -0.00948. The van der Waals surface area contributed by atoms with Crippen molar-refractivity contribution < 1.29 is 9.53 Å². The van der Waals surface area contributed by atoms with Crippen molar-refractivity contribution in [2.75, 3.05) is 0 Å². The van der Waals surface area contributed by atoms with E-state index in [4.69, 9.17) is 11.6 Å². The van der Waals surface area contributed by atoms with Crippen molar-refractivity contribution in [3.05, 3.63) is 11.8 Å². The maximum absolute atomic E-state index is 10.6. The van der Waals surface area contributed by atoms with E-state index in [0.29, 0.717) is 0 Å². The molecule has 0 atom stereocenters. The van der Waals surface area contributed by atoms with Crippen molar-refractivity contribution in [3.63, 3.8) is 0 Å². The molecular formula is C6H7ClO2. The first kappa shape index (κ1) is 6.62. The van der Waals surface area contributed by atoms with Gasteiger partial charge in [0.25, 0.3) is 0 Å². The van der Waals surface area contributed by atoms with Crippen LogP contribution >= 0.6 is 11.6 Å². The zero-order chi connectivity index (χ0) is 6.69. The summed E-state index contributed by atoms with van der Waals surface area (Å²) in [7, 11) is 0. The third-order valence-corrected chi connectivity index (χ3v) is 1.25. The first-order chi connectivity index (χ1) is 4.34. The molecule has 0 heterocycles. The molecule has 0 aromatic heterocycles. The fourth-order valence-electron chi connectivity index (χ4n) is 0.508. The predicted octanol–water partition coefficient (Wildman–Crippen LogP) is 1.65. The minimum Gasteiger partial charge on any atom is -0.433 e. The summed E-state index contributed by atoms with van der Waals surface area (Å²) in [6.07, 6.45) is 3.13. The highest BCUT2D eigenvalue weighted by atomic mass is 35.5. The van der Waals surface area contributed by atoms with Crippen LogP contribution < -0.4 is 0 Å². The monoisotopic (exact) mass is 146 g/mol. The molecule has 0 radical (unpaired) electrons. The highest BCUT2D eigenvalue weighted by Gasteiger charge is 2.30. The number of carbonyl (C=O) groups is 1. The number of carbonyl (C=O) groups excluding carboxylic acids is 1. The van der Waals surface area contributed by atoms with Crippen LogP contribution in [0.2, 0.25) is 0 Å². The molecule has 1 aliphatic carbocycles. The van der Waals surface area contributed by atoms with Crippen LogP contribution in [0.3, 0.4) is 0 Å². The normalized spacial score (nSPS) is 18.3. The predicted molar refractivity (Wildman–Crippen MR) is 33.8 cm³/mol. The lowest BCUT2D eigenvalue weighted by molar-refractivity contribution is -0.139. The molecule has 1 saturated carbocycles. The van der Waals surface area contributed by atoms with Crippen LogP contribution in [0.25, 0.3) is 0 Å². The Hall–Kier alpha value is -0.500. The van der Waals surface area contributed by atoms with Gasteiger partial charge in [-0.3, -0.25) is 4.79 Å². The minimum absolute atomic E-state index is 0.151. The second-order valence-corrected chi connectivity index (χ2v) is 2.23. The molecule has 1 rings (SSSR count). The average molecular weight is 147 g/mol. The standard InChI is InChI=1S/C6H7ClO2/c7-3-4-9-6(8)5-1-2-5/h3-5H,1-2H2. The topological polar surface area (TPSA) is 26.3 Å². The number of ether oxygens (including phenoxy) is 1. The quantitative estimate of drug-likeness (QED) is 0.438. The van der Waals surface area contributed by atoms with Crippen molar-refractivity contribution in [2.24, 2.45) is 5.92 Å². The zero-order valence-corrected chi connectivity index (χ0v) is 5.60. The number of rotatable bonds is 2. The van der Waals surface area contributed by atoms with E-state index in [2.05, 4.69) is 4.74 Å². The second-order valence-electron chi connectivity index (χ2n) is 1.97. The Bertz CT molecular complexity index is 138. The van der Waals surface area contributed by atoms with Crippen molar-refractivity contribution in [1.29, 1.82) is 0 Å². The van der Waals surface area contributed by atoms with Crippen LogP contribution in [-0.4, -0.2) is 5.97 Å². The van der Waals surface area contributed by atoms with E-state index in [1.54, 1.807) is 0 Å². The highest BCUT2D eigenvalue weighted by Crippen LogP contribution is 2.29. The minimum atomic E-state index is -0.160. The van der Waals surface area contributed by atoms with Gasteiger partial charge in [0.05, 0.1) is 5.92 Å². The Labute approximate surface area is 58.4 Å². The van der Waals surface area contributed by atoms with Crippen LogP contribution in [-0.2, 0) is 9.53 Å². The summed E-state index contributed by atoms with van der Waals surface area (Å²) in [5.41, 5.74) is 1.18. The summed E-state index contributed by atoms with van der Waals surface area (Å²) >= 11 is 5.11. The van der Waals surface area contributed by atoms with Gasteiger partial charge in [-0.05, 0) is 12.8 Å². The van der Waals surface area contributed by atoms with E-state index >= 15 is 0 Å². The van der Waals surface area contributed by atoms with Crippen molar-refractivity contribution in [3.8, 4) is 0 Å². The Morgan fingerprint density at radius 1 is 1.67 bits per heavy atom. The highest BCUT2D eigenvalue weighted by molar-refractivity contribution is 6.25. The van der Waals surface area contributed by atoms with Crippen LogP contribution in [0, 0.1) is 5.92 Å². The average Bonchev–Trinajstić information content (AvgIpc) is 2.63. The first-order valence-electron chi connectivity index (χ1n) is 2.80. The van der Waals surface area contributed by atoms with Gasteiger partial charge in [0, 0.05) is 5.54 Å². The van der Waals surface area contributed by atoms with Gasteiger partial charge in [-0.25, -0.2) is 0 Å². The van der Waals surface area contributed by atoms with Crippen molar-refractivity contribution >= 4 is 17.6 Å². The van der Waals surface area contributed by atoms with Gasteiger partial charge in [-0.1, -0.05) is 11.6 Å². The Kier molecular flexibility index (Phi) is 2.11. The third kappa shape index (κ3) is 2.06. The summed E-state index contributed by atoms with van der Waals surface area (Å²) in [6.45, 7) is 0. The molecule has 0 amide bonds. The Morgan fingerprint density at radius 3 is 2.78 bits per heavy atom. The van der Waals surface area contributed by atoms with Crippen LogP contribution in [0.15, 0.2) is 11.8 Å². The molecular weight excluding hydrogens is 140 g/mol. The summed E-state index contributed by atoms with van der Waals surface area (Å²) in [5, 5.41) is 0. The van der Waals surface area contributed by atoms with E-state index < -0.39 is 0 Å². The Balaban J connectivity index is 2.18. The lowest BCUT2D eigenvalue weighted by Gasteiger charge is -1.91. The summed E-state index contributed by atoms with van der Waals surface area (Å²) in [4.78, 5) is 10.6. The van der Waals surface area contributed by atoms with E-state index in [9.17, 15) is 4.79 Å². The van der Waals surface area contributed by atoms with Gasteiger partial charge in [0.15, 0.2) is 0 Å². The lowest BCUT2D eigenvalue weighted by atomic mass is 10.4. The summed E-state index contributed by atoms with van der Waals surface area (Å²) < 4.78 is 4.56. The molecule has 50 valence electrons. The van der Waals surface area contributed by atoms with E-state index in [1.807, 2.05) is 0 Å². The van der Waals surface area contributed by atoms with E-state index in [-0.39, 0.29) is 11.9 Å². The molecule has 1 aliphatic rings. The van der Waals surface area contributed by atoms with Gasteiger partial charge in [-0.15, -0.1) is 0 Å². The lowest BCUT2D eigenvalue weighted by Crippen LogP contribution is -2.00. The van der Waals surface area contributed by atoms with Crippen molar-refractivity contribution in [2.45, 2.75) is 12.8 Å². The van der Waals surface area contributed by atoms with Gasteiger partial charge in [-0.2, -0.15) is 0 Å². The molecule has 2 nitrogen and oxygen atoms in total. The molecule has 0 aromatic rings. The molecule has 0 spiro atoms. The zero-order valence-electron chi connectivity index (χ0n) is 4.84. The van der Waals surface area contributed by atoms with Gasteiger partial charge in [0.1, 0.15) is 6.26 Å². The molecule has 0 aromatic carbocycles. The maximum Gasteiger partial charge on any atom is 0.313 e. The number of esters is 1. The summed E-state index contributed by atoms with van der Waals surface area (Å²) in [6, 6.07) is 0. The van der Waals surface area contributed by atoms with Gasteiger partial charge < -0.3 is 4.74 Å². The first-order valence-corrected chi connectivity index (χ1v) is 3.24. The molecule has 0 aliphatic heterocycles. The van der Waals surface area contributed by atoms with Gasteiger partial charge in [0.2, 0.25) is 0 Å². The van der Waals surface area contributed by atoms with Crippen LogP contribution in [0.1, 0.15) is 12.8 Å². The van der Waals surface area contributed by atoms with Crippen LogP contribution in [0.5, 0.6) is 0 Å². The van der Waals surface area contributed by atoms with E-state index in [0.717, 1.165) is 12.8 Å². The fourth-order valence-corrected chi connectivity index (χ4v) is 0.559. The molecule has 0 saturated heterocycles. The smallest absolute Gasteiger partial charge is 0.313 e.